The largest absolute Gasteiger partial charge is 0.437 e. The van der Waals surface area contributed by atoms with E-state index in [1.165, 1.54) is 17.8 Å². The van der Waals surface area contributed by atoms with Crippen LogP contribution in [0.4, 0.5) is 29.4 Å². The Bertz CT molecular complexity index is 1700. The lowest BCUT2D eigenvalue weighted by Crippen LogP contribution is -2.54. The van der Waals surface area contributed by atoms with Gasteiger partial charge in [-0.1, -0.05) is 54.6 Å². The number of alkyl halides is 3. The first-order valence-electron chi connectivity index (χ1n) is 15.7. The quantitative estimate of drug-likeness (QED) is 0.163. The SMILES string of the molecule is C[C@H]1CN(c2ccc(CC(=O)c3oc(N4CCC(c5ccccc5)CC4)nc3C(F)(F)F)cn2)CCN1C(=O)Cc1ccccc1F. The van der Waals surface area contributed by atoms with E-state index < -0.39 is 29.2 Å². The zero-order valence-corrected chi connectivity index (χ0v) is 25.9. The van der Waals surface area contributed by atoms with Gasteiger partial charge in [0.25, 0.3) is 6.01 Å². The van der Waals surface area contributed by atoms with Crippen LogP contribution in [0, 0.1) is 5.82 Å². The number of carbonyl (C=O) groups excluding carboxylic acids is 2. The van der Waals surface area contributed by atoms with Gasteiger partial charge in [-0.2, -0.15) is 18.2 Å². The number of pyridine rings is 1. The summed E-state index contributed by atoms with van der Waals surface area (Å²) in [7, 11) is 0. The molecule has 2 aliphatic heterocycles. The van der Waals surface area contributed by atoms with E-state index in [4.69, 9.17) is 4.42 Å². The van der Waals surface area contributed by atoms with Gasteiger partial charge in [0.2, 0.25) is 17.5 Å². The lowest BCUT2D eigenvalue weighted by molar-refractivity contribution is -0.141. The monoisotopic (exact) mass is 649 g/mol. The minimum Gasteiger partial charge on any atom is -0.420 e. The van der Waals surface area contributed by atoms with Crippen LogP contribution >= 0.6 is 0 Å². The molecule has 47 heavy (non-hydrogen) atoms. The number of rotatable bonds is 8. The van der Waals surface area contributed by atoms with E-state index in [0.29, 0.717) is 55.6 Å². The van der Waals surface area contributed by atoms with Gasteiger partial charge in [0.1, 0.15) is 11.6 Å². The number of piperidine rings is 1. The van der Waals surface area contributed by atoms with Gasteiger partial charge in [0, 0.05) is 51.4 Å². The van der Waals surface area contributed by atoms with Crippen LogP contribution in [0.3, 0.4) is 0 Å². The molecule has 2 aromatic carbocycles. The molecule has 8 nitrogen and oxygen atoms in total. The molecule has 4 heterocycles. The number of hydrogen-bond acceptors (Lipinski definition) is 7. The number of anilines is 2. The highest BCUT2D eigenvalue weighted by atomic mass is 19.4. The van der Waals surface area contributed by atoms with E-state index in [1.54, 1.807) is 40.1 Å². The summed E-state index contributed by atoms with van der Waals surface area (Å²) in [4.78, 5) is 39.6. The van der Waals surface area contributed by atoms with Crippen molar-refractivity contribution in [3.05, 3.63) is 107 Å². The zero-order chi connectivity index (χ0) is 33.1. The highest BCUT2D eigenvalue weighted by Gasteiger charge is 2.42. The van der Waals surface area contributed by atoms with Crippen LogP contribution in [0.25, 0.3) is 0 Å². The van der Waals surface area contributed by atoms with E-state index in [0.717, 1.165) is 12.8 Å². The summed E-state index contributed by atoms with van der Waals surface area (Å²) >= 11 is 0. The molecule has 0 spiro atoms. The van der Waals surface area contributed by atoms with Crippen molar-refractivity contribution in [1.29, 1.82) is 0 Å². The average molecular weight is 650 g/mol. The van der Waals surface area contributed by atoms with Gasteiger partial charge < -0.3 is 19.1 Å². The average Bonchev–Trinajstić information content (AvgIpc) is 3.54. The lowest BCUT2D eigenvalue weighted by Gasteiger charge is -2.40. The molecule has 2 fully saturated rings. The molecule has 0 saturated carbocycles. The Hall–Kier alpha value is -4.74. The molecule has 4 aromatic rings. The number of hydrogen-bond donors (Lipinski definition) is 0. The van der Waals surface area contributed by atoms with Gasteiger partial charge in [-0.15, -0.1) is 0 Å². The Balaban J connectivity index is 1.07. The molecule has 0 bridgehead atoms. The molecule has 2 aromatic heterocycles. The van der Waals surface area contributed by atoms with Crippen LogP contribution in [-0.4, -0.2) is 65.3 Å². The number of Topliss-reactive ketones (excluding diaryl/α,β-unsaturated/α-hetero) is 1. The van der Waals surface area contributed by atoms with Crippen molar-refractivity contribution in [2.24, 2.45) is 0 Å². The fourth-order valence-electron chi connectivity index (χ4n) is 6.37. The first-order valence-corrected chi connectivity index (χ1v) is 15.7. The minimum absolute atomic E-state index is 0.0204. The van der Waals surface area contributed by atoms with Gasteiger partial charge in [-0.25, -0.2) is 9.37 Å². The van der Waals surface area contributed by atoms with E-state index >= 15 is 0 Å². The van der Waals surface area contributed by atoms with E-state index in [2.05, 4.69) is 9.97 Å². The number of oxazole rings is 1. The first-order chi connectivity index (χ1) is 22.6. The number of benzene rings is 2. The Morgan fingerprint density at radius 2 is 1.62 bits per heavy atom. The Kier molecular flexibility index (Phi) is 9.28. The van der Waals surface area contributed by atoms with Gasteiger partial charge in [-0.3, -0.25) is 9.59 Å². The number of piperazine rings is 1. The Labute approximate surface area is 270 Å². The molecule has 2 saturated heterocycles. The maximum absolute atomic E-state index is 14.0. The minimum atomic E-state index is -4.85. The maximum atomic E-state index is 14.0. The van der Waals surface area contributed by atoms with Crippen LogP contribution in [0.2, 0.25) is 0 Å². The molecule has 0 aliphatic carbocycles. The number of ketones is 1. The predicted molar refractivity (Wildman–Crippen MR) is 168 cm³/mol. The van der Waals surface area contributed by atoms with Crippen molar-refractivity contribution in [2.75, 3.05) is 42.5 Å². The molecule has 2 aliphatic rings. The highest BCUT2D eigenvalue weighted by Crippen LogP contribution is 2.37. The molecule has 12 heteroatoms. The van der Waals surface area contributed by atoms with E-state index in [-0.39, 0.29) is 30.8 Å². The van der Waals surface area contributed by atoms with E-state index in [1.807, 2.05) is 42.2 Å². The predicted octanol–water partition coefficient (Wildman–Crippen LogP) is 6.32. The number of aromatic nitrogens is 2. The van der Waals surface area contributed by atoms with Gasteiger partial charge >= 0.3 is 6.18 Å². The molecular weight excluding hydrogens is 614 g/mol. The number of halogens is 4. The molecule has 0 N–H and O–H groups in total. The van der Waals surface area contributed by atoms with Crippen LogP contribution in [0.1, 0.15) is 58.6 Å². The summed E-state index contributed by atoms with van der Waals surface area (Å²) in [6, 6.07) is 19.2. The topological polar surface area (TPSA) is 82.8 Å². The lowest BCUT2D eigenvalue weighted by atomic mass is 9.90. The Morgan fingerprint density at radius 1 is 0.894 bits per heavy atom. The number of nitrogens with zero attached hydrogens (tertiary/aromatic N) is 5. The smallest absolute Gasteiger partial charge is 0.420 e. The maximum Gasteiger partial charge on any atom is 0.437 e. The summed E-state index contributed by atoms with van der Waals surface area (Å²) in [5.74, 6) is -1.29. The van der Waals surface area contributed by atoms with Crippen LogP contribution in [0.5, 0.6) is 0 Å². The Morgan fingerprint density at radius 3 is 2.28 bits per heavy atom. The molecule has 1 amide bonds. The second-order valence-electron chi connectivity index (χ2n) is 12.1. The van der Waals surface area contributed by atoms with Crippen molar-refractivity contribution < 1.29 is 31.6 Å². The van der Waals surface area contributed by atoms with Crippen molar-refractivity contribution >= 4 is 23.5 Å². The summed E-state index contributed by atoms with van der Waals surface area (Å²) in [5.41, 5.74) is 0.657. The highest BCUT2D eigenvalue weighted by molar-refractivity contribution is 5.96. The molecule has 1 atom stereocenters. The van der Waals surface area contributed by atoms with Crippen LogP contribution in [-0.2, 0) is 23.8 Å². The summed E-state index contributed by atoms with van der Waals surface area (Å²) < 4.78 is 61.4. The fourth-order valence-corrected chi connectivity index (χ4v) is 6.37. The van der Waals surface area contributed by atoms with Crippen molar-refractivity contribution in [3.8, 4) is 0 Å². The van der Waals surface area contributed by atoms with Crippen LogP contribution in [0.15, 0.2) is 77.3 Å². The number of carbonyl (C=O) groups is 2. The number of amides is 1. The molecule has 246 valence electrons. The van der Waals surface area contributed by atoms with Gasteiger partial charge in [-0.05, 0) is 54.5 Å². The summed E-state index contributed by atoms with van der Waals surface area (Å²) in [6.07, 6.45) is -2.29. The normalized spacial score (nSPS) is 17.6. The standard InChI is InChI=1S/C35H35F4N5O3/c1-23-22-43(17-18-44(23)31(46)20-27-9-5-6-10-28(27)36)30-12-11-24(21-40-30)19-29(45)32-33(35(37,38)39)41-34(47-32)42-15-13-26(14-16-42)25-7-3-2-4-8-25/h2-12,21,23,26H,13-20,22H2,1H3/t23-/m0/s1. The molecular formula is C35H35F4N5O3. The van der Waals surface area contributed by atoms with Gasteiger partial charge in [0.15, 0.2) is 5.69 Å². The fraction of sp³-hybridized carbons (Fsp3) is 0.371. The van der Waals surface area contributed by atoms with Gasteiger partial charge in [0.05, 0.1) is 6.42 Å². The second-order valence-corrected chi connectivity index (χ2v) is 12.1. The third-order valence-corrected chi connectivity index (χ3v) is 8.92. The van der Waals surface area contributed by atoms with E-state index in [9.17, 15) is 27.2 Å². The zero-order valence-electron chi connectivity index (χ0n) is 25.9. The molecule has 0 unspecified atom stereocenters. The third kappa shape index (κ3) is 7.31. The summed E-state index contributed by atoms with van der Waals surface area (Å²) in [6.45, 7) is 4.25. The van der Waals surface area contributed by atoms with Crippen LogP contribution < -0.4 is 9.80 Å². The second kappa shape index (κ2) is 13.5. The van der Waals surface area contributed by atoms with Crippen molar-refractivity contribution in [2.45, 2.75) is 50.7 Å². The first kappa shape index (κ1) is 32.2. The summed E-state index contributed by atoms with van der Waals surface area (Å²) in [5, 5.41) is 0. The van der Waals surface area contributed by atoms with Crippen molar-refractivity contribution in [3.63, 3.8) is 0 Å². The molecule has 0 radical (unpaired) electrons. The molecule has 6 rings (SSSR count). The third-order valence-electron chi connectivity index (χ3n) is 8.92. The van der Waals surface area contributed by atoms with Crippen molar-refractivity contribution in [1.82, 2.24) is 14.9 Å².